The van der Waals surface area contributed by atoms with E-state index in [2.05, 4.69) is 4.98 Å². The van der Waals surface area contributed by atoms with Crippen molar-refractivity contribution in [2.75, 3.05) is 0 Å². The lowest BCUT2D eigenvalue weighted by Gasteiger charge is -2.09. The molecule has 1 unspecified atom stereocenters. The molecular weight excluding hydrogens is 204 g/mol. The molecule has 0 saturated heterocycles. The maximum Gasteiger partial charge on any atom is 0.180 e. The van der Waals surface area contributed by atoms with E-state index in [1.165, 1.54) is 12.4 Å². The number of pyridine rings is 2. The average Bonchev–Trinajstić information content (AvgIpc) is 2.33. The van der Waals surface area contributed by atoms with Crippen LogP contribution in [0.15, 0.2) is 48.9 Å². The minimum absolute atomic E-state index is 0.456. The van der Waals surface area contributed by atoms with Crippen LogP contribution < -0.4 is 4.73 Å². The molecular formula is C12H12N2O2. The predicted molar refractivity (Wildman–Crippen MR) is 58.3 cm³/mol. The Kier molecular flexibility index (Phi) is 3.12. The van der Waals surface area contributed by atoms with E-state index in [-0.39, 0.29) is 0 Å². The maximum absolute atomic E-state index is 10.8. The third-order valence-corrected chi connectivity index (χ3v) is 2.33. The Bertz CT molecular complexity index is 442. The van der Waals surface area contributed by atoms with Crippen molar-refractivity contribution in [3.05, 3.63) is 65.4 Å². The SMILES string of the molecule is [O-][n+]1ccc(CC(O)c2ccccn2)cc1. The highest BCUT2D eigenvalue weighted by molar-refractivity contribution is 5.14. The Balaban J connectivity index is 2.08. The van der Waals surface area contributed by atoms with E-state index >= 15 is 0 Å². The van der Waals surface area contributed by atoms with E-state index in [0.29, 0.717) is 12.1 Å². The van der Waals surface area contributed by atoms with Crippen molar-refractivity contribution < 1.29 is 9.84 Å². The van der Waals surface area contributed by atoms with Crippen LogP contribution >= 0.6 is 0 Å². The molecule has 82 valence electrons. The van der Waals surface area contributed by atoms with Crippen molar-refractivity contribution in [2.24, 2.45) is 0 Å². The third kappa shape index (κ3) is 2.55. The Hall–Kier alpha value is -1.94. The number of rotatable bonds is 3. The first-order valence-electron chi connectivity index (χ1n) is 5.02. The monoisotopic (exact) mass is 216 g/mol. The van der Waals surface area contributed by atoms with Crippen molar-refractivity contribution in [2.45, 2.75) is 12.5 Å². The number of aromatic nitrogens is 2. The van der Waals surface area contributed by atoms with E-state index in [1.54, 1.807) is 30.5 Å². The summed E-state index contributed by atoms with van der Waals surface area (Å²) in [4.78, 5) is 4.08. The van der Waals surface area contributed by atoms with Crippen LogP contribution in [0.4, 0.5) is 0 Å². The topological polar surface area (TPSA) is 60.1 Å². The first-order chi connectivity index (χ1) is 7.75. The van der Waals surface area contributed by atoms with Gasteiger partial charge in [0.05, 0.1) is 11.8 Å². The van der Waals surface area contributed by atoms with Crippen LogP contribution in [-0.4, -0.2) is 10.1 Å². The Morgan fingerprint density at radius 2 is 2.00 bits per heavy atom. The van der Waals surface area contributed by atoms with Gasteiger partial charge in [-0.3, -0.25) is 4.98 Å². The summed E-state index contributed by atoms with van der Waals surface area (Å²) in [6.07, 6.45) is 4.30. The van der Waals surface area contributed by atoms with E-state index in [4.69, 9.17) is 0 Å². The molecule has 2 aromatic heterocycles. The second-order valence-corrected chi connectivity index (χ2v) is 3.54. The van der Waals surface area contributed by atoms with Gasteiger partial charge in [0, 0.05) is 24.8 Å². The number of hydrogen-bond acceptors (Lipinski definition) is 3. The van der Waals surface area contributed by atoms with Crippen LogP contribution in [0, 0.1) is 5.21 Å². The van der Waals surface area contributed by atoms with Gasteiger partial charge >= 0.3 is 0 Å². The van der Waals surface area contributed by atoms with E-state index in [0.717, 1.165) is 10.3 Å². The summed E-state index contributed by atoms with van der Waals surface area (Å²) in [6.45, 7) is 0. The molecule has 0 spiro atoms. The van der Waals surface area contributed by atoms with Gasteiger partial charge in [0.15, 0.2) is 12.4 Å². The normalized spacial score (nSPS) is 12.3. The van der Waals surface area contributed by atoms with Crippen molar-refractivity contribution in [3.8, 4) is 0 Å². The molecule has 1 N–H and O–H groups in total. The molecule has 4 nitrogen and oxygen atoms in total. The summed E-state index contributed by atoms with van der Waals surface area (Å²) in [6, 6.07) is 8.81. The third-order valence-electron chi connectivity index (χ3n) is 2.33. The first kappa shape index (κ1) is 10.6. The van der Waals surface area contributed by atoms with E-state index < -0.39 is 6.10 Å². The highest BCUT2D eigenvalue weighted by atomic mass is 16.5. The molecule has 16 heavy (non-hydrogen) atoms. The summed E-state index contributed by atoms with van der Waals surface area (Å²) in [5.41, 5.74) is 1.55. The van der Waals surface area contributed by atoms with Gasteiger partial charge in [0.2, 0.25) is 0 Å². The summed E-state index contributed by atoms with van der Waals surface area (Å²) in [5, 5.41) is 20.7. The average molecular weight is 216 g/mol. The van der Waals surface area contributed by atoms with Crippen LogP contribution in [0.1, 0.15) is 17.4 Å². The van der Waals surface area contributed by atoms with Gasteiger partial charge in [-0.15, -0.1) is 0 Å². The zero-order valence-corrected chi connectivity index (χ0v) is 8.65. The number of nitrogens with zero attached hydrogens (tertiary/aromatic N) is 2. The van der Waals surface area contributed by atoms with Crippen LogP contribution in [-0.2, 0) is 6.42 Å². The molecule has 0 aliphatic heterocycles. The second kappa shape index (κ2) is 4.72. The minimum atomic E-state index is -0.635. The minimum Gasteiger partial charge on any atom is -0.619 e. The molecule has 0 bridgehead atoms. The Labute approximate surface area is 93.4 Å². The Morgan fingerprint density at radius 1 is 1.25 bits per heavy atom. The van der Waals surface area contributed by atoms with Gasteiger partial charge in [-0.05, 0) is 17.7 Å². The van der Waals surface area contributed by atoms with Gasteiger partial charge in [-0.1, -0.05) is 6.07 Å². The van der Waals surface area contributed by atoms with Gasteiger partial charge in [-0.2, -0.15) is 4.73 Å². The summed E-state index contributed by atoms with van der Waals surface area (Å²) in [5.74, 6) is 0. The lowest BCUT2D eigenvalue weighted by molar-refractivity contribution is -0.605. The fraction of sp³-hybridized carbons (Fsp3) is 0.167. The van der Waals surface area contributed by atoms with Crippen molar-refractivity contribution in [1.29, 1.82) is 0 Å². The standard InChI is InChI=1S/C12H12N2O2/c15-12(11-3-1-2-6-13-11)9-10-4-7-14(16)8-5-10/h1-8,12,15H,9H2. The predicted octanol–water partition coefficient (Wildman–Crippen LogP) is 0.991. The quantitative estimate of drug-likeness (QED) is 0.614. The Morgan fingerprint density at radius 3 is 2.62 bits per heavy atom. The highest BCUT2D eigenvalue weighted by Gasteiger charge is 2.09. The zero-order chi connectivity index (χ0) is 11.4. The van der Waals surface area contributed by atoms with Crippen LogP contribution in [0.25, 0.3) is 0 Å². The van der Waals surface area contributed by atoms with Gasteiger partial charge < -0.3 is 10.3 Å². The molecule has 4 heteroatoms. The smallest absolute Gasteiger partial charge is 0.180 e. The lowest BCUT2D eigenvalue weighted by Crippen LogP contribution is -2.23. The summed E-state index contributed by atoms with van der Waals surface area (Å²) < 4.78 is 0.719. The van der Waals surface area contributed by atoms with Crippen LogP contribution in [0.2, 0.25) is 0 Å². The van der Waals surface area contributed by atoms with Gasteiger partial charge in [-0.25, -0.2) is 0 Å². The van der Waals surface area contributed by atoms with Crippen LogP contribution in [0.3, 0.4) is 0 Å². The fourth-order valence-corrected chi connectivity index (χ4v) is 1.48. The van der Waals surface area contributed by atoms with Crippen molar-refractivity contribution in [3.63, 3.8) is 0 Å². The number of hydrogen-bond donors (Lipinski definition) is 1. The molecule has 0 amide bonds. The maximum atomic E-state index is 10.8. The first-order valence-corrected chi connectivity index (χ1v) is 5.02. The molecule has 0 aliphatic rings. The fourth-order valence-electron chi connectivity index (χ4n) is 1.48. The van der Waals surface area contributed by atoms with Crippen LogP contribution in [0.5, 0.6) is 0 Å². The molecule has 0 radical (unpaired) electrons. The molecule has 1 atom stereocenters. The van der Waals surface area contributed by atoms with Gasteiger partial charge in [0.25, 0.3) is 0 Å². The molecule has 0 aromatic carbocycles. The molecule has 2 heterocycles. The number of aliphatic hydroxyl groups excluding tert-OH is 1. The zero-order valence-electron chi connectivity index (χ0n) is 8.65. The number of aliphatic hydroxyl groups is 1. The molecule has 2 rings (SSSR count). The molecule has 2 aromatic rings. The van der Waals surface area contributed by atoms with Crippen molar-refractivity contribution in [1.82, 2.24) is 4.98 Å². The van der Waals surface area contributed by atoms with E-state index in [9.17, 15) is 10.3 Å². The summed E-state index contributed by atoms with van der Waals surface area (Å²) >= 11 is 0. The largest absolute Gasteiger partial charge is 0.619 e. The highest BCUT2D eigenvalue weighted by Crippen LogP contribution is 2.14. The van der Waals surface area contributed by atoms with Crippen molar-refractivity contribution >= 4 is 0 Å². The summed E-state index contributed by atoms with van der Waals surface area (Å²) in [7, 11) is 0. The lowest BCUT2D eigenvalue weighted by atomic mass is 10.1. The molecule has 0 aliphatic carbocycles. The second-order valence-electron chi connectivity index (χ2n) is 3.54. The van der Waals surface area contributed by atoms with Gasteiger partial charge in [0.1, 0.15) is 0 Å². The molecule has 0 saturated carbocycles. The van der Waals surface area contributed by atoms with E-state index in [1.807, 2.05) is 6.07 Å². The molecule has 0 fully saturated rings.